The van der Waals surface area contributed by atoms with Gasteiger partial charge in [-0.2, -0.15) is 0 Å². The zero-order valence-corrected chi connectivity index (χ0v) is 12.1. The van der Waals surface area contributed by atoms with E-state index in [1.165, 1.54) is 5.56 Å². The van der Waals surface area contributed by atoms with Crippen LogP contribution in [-0.2, 0) is 5.54 Å². The van der Waals surface area contributed by atoms with Gasteiger partial charge in [0, 0.05) is 11.8 Å². The maximum atomic E-state index is 6.17. The van der Waals surface area contributed by atoms with Crippen molar-refractivity contribution in [1.29, 1.82) is 0 Å². The molecule has 3 heteroatoms. The van der Waals surface area contributed by atoms with Crippen LogP contribution in [0.15, 0.2) is 36.5 Å². The Labute approximate surface area is 120 Å². The van der Waals surface area contributed by atoms with E-state index in [2.05, 4.69) is 48.1 Å². The second kappa shape index (κ2) is 4.98. The third kappa shape index (κ3) is 2.46. The molecule has 1 aromatic carbocycles. The van der Waals surface area contributed by atoms with E-state index in [-0.39, 0.29) is 5.54 Å². The molecule has 1 unspecified atom stereocenters. The van der Waals surface area contributed by atoms with Crippen LogP contribution in [0.25, 0.3) is 11.3 Å². The summed E-state index contributed by atoms with van der Waals surface area (Å²) in [5, 5.41) is 0. The van der Waals surface area contributed by atoms with Gasteiger partial charge in [0.05, 0.1) is 11.2 Å². The molecule has 3 nitrogen and oxygen atoms in total. The highest BCUT2D eigenvalue weighted by molar-refractivity contribution is 5.59. The highest BCUT2D eigenvalue weighted by Gasteiger charge is 2.43. The Kier molecular flexibility index (Phi) is 3.30. The zero-order valence-electron chi connectivity index (χ0n) is 12.1. The van der Waals surface area contributed by atoms with Crippen molar-refractivity contribution in [2.24, 2.45) is 5.73 Å². The molecule has 1 aromatic heterocycles. The van der Waals surface area contributed by atoms with Gasteiger partial charge in [0.25, 0.3) is 0 Å². The molecule has 20 heavy (non-hydrogen) atoms. The summed E-state index contributed by atoms with van der Waals surface area (Å²) in [5.41, 5.74) is 9.37. The lowest BCUT2D eigenvalue weighted by Gasteiger charge is -2.11. The predicted molar refractivity (Wildman–Crippen MR) is 81.3 cm³/mol. The van der Waals surface area contributed by atoms with Crippen molar-refractivity contribution in [1.82, 2.24) is 9.97 Å². The standard InChI is InChI=1S/C17H21N3/c1-3-12(2)13-4-6-14(7-5-13)15-8-11-19-16(20-15)17(18)9-10-17/h4-8,11-12H,3,9-10,18H2,1-2H3. The molecule has 3 rings (SSSR count). The Balaban J connectivity index is 1.89. The Hall–Kier alpha value is -1.74. The smallest absolute Gasteiger partial charge is 0.148 e. The van der Waals surface area contributed by atoms with Crippen LogP contribution in [0.4, 0.5) is 0 Å². The molecule has 0 bridgehead atoms. The Morgan fingerprint density at radius 3 is 2.50 bits per heavy atom. The van der Waals surface area contributed by atoms with Crippen molar-refractivity contribution < 1.29 is 0 Å². The fourth-order valence-corrected chi connectivity index (χ4v) is 2.34. The molecule has 1 saturated carbocycles. The van der Waals surface area contributed by atoms with Crippen molar-refractivity contribution in [3.8, 4) is 11.3 Å². The van der Waals surface area contributed by atoms with Crippen molar-refractivity contribution in [2.75, 3.05) is 0 Å². The summed E-state index contributed by atoms with van der Waals surface area (Å²) >= 11 is 0. The lowest BCUT2D eigenvalue weighted by atomic mass is 9.97. The van der Waals surface area contributed by atoms with Crippen LogP contribution in [0, 0.1) is 0 Å². The van der Waals surface area contributed by atoms with E-state index in [0.717, 1.165) is 36.3 Å². The summed E-state index contributed by atoms with van der Waals surface area (Å²) in [6.45, 7) is 4.47. The first-order valence-corrected chi connectivity index (χ1v) is 7.35. The molecule has 1 fully saturated rings. The van der Waals surface area contributed by atoms with E-state index in [1.54, 1.807) is 0 Å². The molecule has 2 aromatic rings. The molecule has 0 radical (unpaired) electrons. The molecule has 104 valence electrons. The number of hydrogen-bond acceptors (Lipinski definition) is 3. The lowest BCUT2D eigenvalue weighted by Crippen LogP contribution is -2.22. The topological polar surface area (TPSA) is 51.8 Å². The molecule has 0 saturated heterocycles. The maximum Gasteiger partial charge on any atom is 0.148 e. The first-order chi connectivity index (χ1) is 9.62. The summed E-state index contributed by atoms with van der Waals surface area (Å²) in [7, 11) is 0. The van der Waals surface area contributed by atoms with Crippen LogP contribution in [0.5, 0.6) is 0 Å². The highest BCUT2D eigenvalue weighted by atomic mass is 15.0. The quantitative estimate of drug-likeness (QED) is 0.920. The predicted octanol–water partition coefficient (Wildman–Crippen LogP) is 3.60. The summed E-state index contributed by atoms with van der Waals surface area (Å²) in [6, 6.07) is 10.6. The van der Waals surface area contributed by atoms with Crippen molar-refractivity contribution in [3.63, 3.8) is 0 Å². The van der Waals surface area contributed by atoms with E-state index in [4.69, 9.17) is 5.73 Å². The minimum Gasteiger partial charge on any atom is -0.319 e. The summed E-state index contributed by atoms with van der Waals surface area (Å²) < 4.78 is 0. The molecular formula is C17H21N3. The lowest BCUT2D eigenvalue weighted by molar-refractivity contribution is 0.673. The molecule has 0 aliphatic heterocycles. The molecule has 1 heterocycles. The number of hydrogen-bond donors (Lipinski definition) is 1. The van der Waals surface area contributed by atoms with Crippen molar-refractivity contribution in [3.05, 3.63) is 47.9 Å². The fraction of sp³-hybridized carbons (Fsp3) is 0.412. The number of aromatic nitrogens is 2. The van der Waals surface area contributed by atoms with E-state index in [0.29, 0.717) is 5.92 Å². The molecule has 1 aliphatic rings. The minimum atomic E-state index is -0.271. The summed E-state index contributed by atoms with van der Waals surface area (Å²) in [4.78, 5) is 8.96. The molecular weight excluding hydrogens is 246 g/mol. The minimum absolute atomic E-state index is 0.271. The van der Waals surface area contributed by atoms with Gasteiger partial charge in [-0.05, 0) is 36.8 Å². The van der Waals surface area contributed by atoms with Crippen LogP contribution < -0.4 is 5.73 Å². The molecule has 0 spiro atoms. The van der Waals surface area contributed by atoms with E-state index in [9.17, 15) is 0 Å². The van der Waals surface area contributed by atoms with Gasteiger partial charge in [0.2, 0.25) is 0 Å². The van der Waals surface area contributed by atoms with Gasteiger partial charge < -0.3 is 5.73 Å². The summed E-state index contributed by atoms with van der Waals surface area (Å²) in [6.07, 6.45) is 4.95. The number of benzene rings is 1. The Morgan fingerprint density at radius 1 is 1.20 bits per heavy atom. The molecule has 1 aliphatic carbocycles. The second-order valence-corrected chi connectivity index (χ2v) is 5.85. The number of rotatable bonds is 4. The van der Waals surface area contributed by atoms with Gasteiger partial charge in [0.15, 0.2) is 0 Å². The highest BCUT2D eigenvalue weighted by Crippen LogP contribution is 2.41. The fourth-order valence-electron chi connectivity index (χ4n) is 2.34. The number of nitrogens with two attached hydrogens (primary N) is 1. The molecule has 0 amide bonds. The monoisotopic (exact) mass is 267 g/mol. The van der Waals surface area contributed by atoms with Crippen LogP contribution in [-0.4, -0.2) is 9.97 Å². The normalized spacial score (nSPS) is 17.8. The van der Waals surface area contributed by atoms with Crippen LogP contribution in [0.1, 0.15) is 50.4 Å². The van der Waals surface area contributed by atoms with Gasteiger partial charge in [-0.1, -0.05) is 38.1 Å². The maximum absolute atomic E-state index is 6.17. The van der Waals surface area contributed by atoms with E-state index in [1.807, 2.05) is 12.3 Å². The molecule has 1 atom stereocenters. The first-order valence-electron chi connectivity index (χ1n) is 7.35. The summed E-state index contributed by atoms with van der Waals surface area (Å²) in [5.74, 6) is 1.38. The molecule has 2 N–H and O–H groups in total. The first kappa shape index (κ1) is 13.3. The van der Waals surface area contributed by atoms with Gasteiger partial charge in [-0.25, -0.2) is 9.97 Å². The zero-order chi connectivity index (χ0) is 14.2. The van der Waals surface area contributed by atoms with Gasteiger partial charge >= 0.3 is 0 Å². The SMILES string of the molecule is CCC(C)c1ccc(-c2ccnc(C3(N)CC3)n2)cc1. The largest absolute Gasteiger partial charge is 0.319 e. The third-order valence-electron chi connectivity index (χ3n) is 4.28. The van der Waals surface area contributed by atoms with Crippen molar-refractivity contribution in [2.45, 2.75) is 44.6 Å². The van der Waals surface area contributed by atoms with Crippen LogP contribution in [0.2, 0.25) is 0 Å². The van der Waals surface area contributed by atoms with E-state index < -0.39 is 0 Å². The van der Waals surface area contributed by atoms with Crippen LogP contribution in [0.3, 0.4) is 0 Å². The van der Waals surface area contributed by atoms with Gasteiger partial charge in [-0.15, -0.1) is 0 Å². The van der Waals surface area contributed by atoms with Gasteiger partial charge in [-0.3, -0.25) is 0 Å². The number of nitrogens with zero attached hydrogens (tertiary/aromatic N) is 2. The Morgan fingerprint density at radius 2 is 1.90 bits per heavy atom. The average Bonchev–Trinajstić information content (AvgIpc) is 3.26. The third-order valence-corrected chi connectivity index (χ3v) is 4.28. The van der Waals surface area contributed by atoms with E-state index >= 15 is 0 Å². The second-order valence-electron chi connectivity index (χ2n) is 5.85. The van der Waals surface area contributed by atoms with Gasteiger partial charge in [0.1, 0.15) is 5.82 Å². The van der Waals surface area contributed by atoms with Crippen molar-refractivity contribution >= 4 is 0 Å². The average molecular weight is 267 g/mol. The van der Waals surface area contributed by atoms with Crippen LogP contribution >= 0.6 is 0 Å². The Bertz CT molecular complexity index is 600.